The van der Waals surface area contributed by atoms with Gasteiger partial charge in [0.05, 0.1) is 11.6 Å². The van der Waals surface area contributed by atoms with Crippen molar-refractivity contribution in [2.75, 3.05) is 0 Å². The number of esters is 1. The second-order valence-electron chi connectivity index (χ2n) is 5.84. The van der Waals surface area contributed by atoms with E-state index < -0.39 is 0 Å². The third-order valence-electron chi connectivity index (χ3n) is 4.43. The number of fused-ring (bicyclic) bond motifs is 1. The molecular weight excluding hydrogens is 290 g/mol. The fourth-order valence-electron chi connectivity index (χ4n) is 3.30. The molecule has 0 spiro atoms. The Kier molecular flexibility index (Phi) is 3.54. The lowest BCUT2D eigenvalue weighted by atomic mass is 10.1. The van der Waals surface area contributed by atoms with Gasteiger partial charge in [-0.2, -0.15) is 5.10 Å². The molecule has 1 aromatic carbocycles. The van der Waals surface area contributed by atoms with Crippen LogP contribution in [0.1, 0.15) is 35.7 Å². The summed E-state index contributed by atoms with van der Waals surface area (Å²) in [5.41, 5.74) is 0.522. The quantitative estimate of drug-likeness (QED) is 0.696. The Labute approximate surface area is 133 Å². The molecule has 3 aromatic rings. The summed E-state index contributed by atoms with van der Waals surface area (Å²) in [6.07, 6.45) is 9.78. The molecule has 0 amide bonds. The Morgan fingerprint density at radius 3 is 2.96 bits per heavy atom. The summed E-state index contributed by atoms with van der Waals surface area (Å²) in [5.74, 6) is -0.307. The average molecular weight is 307 g/mol. The maximum atomic E-state index is 12.6. The van der Waals surface area contributed by atoms with Gasteiger partial charge in [0.2, 0.25) is 0 Å². The normalized spacial score (nSPS) is 20.7. The van der Waals surface area contributed by atoms with Gasteiger partial charge in [0.25, 0.3) is 0 Å². The van der Waals surface area contributed by atoms with Crippen molar-refractivity contribution < 1.29 is 9.53 Å². The van der Waals surface area contributed by atoms with Gasteiger partial charge in [-0.1, -0.05) is 24.3 Å². The Bertz CT molecular complexity index is 824. The average Bonchev–Trinajstić information content (AvgIpc) is 3.25. The largest absolute Gasteiger partial charge is 0.456 e. The van der Waals surface area contributed by atoms with Crippen molar-refractivity contribution in [3.05, 3.63) is 60.7 Å². The first-order valence-corrected chi connectivity index (χ1v) is 7.86. The molecule has 1 fully saturated rings. The standard InChI is InChI=1S/C18H17N3O2/c22-18(15-12-19-11-13-5-1-2-6-14(13)15)23-17-8-3-7-16(17)21-10-4-9-20-21/h1-2,4-6,9-12,16-17H,3,7-8H2/t16-,17-/m1/s1. The number of nitrogens with zero attached hydrogens (tertiary/aromatic N) is 3. The Morgan fingerprint density at radius 2 is 2.09 bits per heavy atom. The van der Waals surface area contributed by atoms with E-state index in [1.54, 1.807) is 18.6 Å². The Hall–Kier alpha value is -2.69. The first kappa shape index (κ1) is 13.9. The SMILES string of the molecule is O=C(O[C@@H]1CCC[C@H]1n1cccn1)c1cncc2ccccc12. The molecule has 5 nitrogen and oxygen atoms in total. The van der Waals surface area contributed by atoms with Crippen LogP contribution in [-0.2, 0) is 4.74 Å². The van der Waals surface area contributed by atoms with Crippen molar-refractivity contribution in [2.24, 2.45) is 0 Å². The maximum Gasteiger partial charge on any atom is 0.340 e. The lowest BCUT2D eigenvalue weighted by Crippen LogP contribution is -2.25. The van der Waals surface area contributed by atoms with Crippen LogP contribution in [0.15, 0.2) is 55.1 Å². The van der Waals surface area contributed by atoms with E-state index in [1.165, 1.54) is 0 Å². The zero-order valence-electron chi connectivity index (χ0n) is 12.6. The van der Waals surface area contributed by atoms with E-state index >= 15 is 0 Å². The van der Waals surface area contributed by atoms with Crippen LogP contribution in [-0.4, -0.2) is 26.8 Å². The zero-order valence-corrected chi connectivity index (χ0v) is 12.6. The molecule has 0 bridgehead atoms. The van der Waals surface area contributed by atoms with Crippen molar-refractivity contribution in [2.45, 2.75) is 31.4 Å². The minimum Gasteiger partial charge on any atom is -0.456 e. The molecular formula is C18H17N3O2. The number of carbonyl (C=O) groups is 1. The number of ether oxygens (including phenoxy) is 1. The van der Waals surface area contributed by atoms with Gasteiger partial charge in [0.15, 0.2) is 0 Å². The number of aromatic nitrogens is 3. The molecule has 23 heavy (non-hydrogen) atoms. The van der Waals surface area contributed by atoms with Crippen LogP contribution < -0.4 is 0 Å². The monoisotopic (exact) mass is 307 g/mol. The van der Waals surface area contributed by atoms with Crippen LogP contribution in [0.25, 0.3) is 10.8 Å². The number of rotatable bonds is 3. The van der Waals surface area contributed by atoms with Crippen LogP contribution in [0.4, 0.5) is 0 Å². The molecule has 1 aliphatic rings. The van der Waals surface area contributed by atoms with E-state index in [4.69, 9.17) is 4.74 Å². The Morgan fingerprint density at radius 1 is 1.17 bits per heavy atom. The fourth-order valence-corrected chi connectivity index (χ4v) is 3.30. The Balaban J connectivity index is 1.60. The molecule has 0 aliphatic heterocycles. The number of pyridine rings is 1. The highest BCUT2D eigenvalue weighted by atomic mass is 16.5. The van der Waals surface area contributed by atoms with Gasteiger partial charge in [-0.05, 0) is 30.7 Å². The molecule has 4 rings (SSSR count). The number of carbonyl (C=O) groups excluding carboxylic acids is 1. The predicted molar refractivity (Wildman–Crippen MR) is 86.1 cm³/mol. The van der Waals surface area contributed by atoms with E-state index in [0.717, 1.165) is 30.0 Å². The van der Waals surface area contributed by atoms with E-state index in [9.17, 15) is 4.79 Å². The number of benzene rings is 1. The molecule has 2 aromatic heterocycles. The highest BCUT2D eigenvalue weighted by Crippen LogP contribution is 2.33. The first-order chi connectivity index (χ1) is 11.3. The first-order valence-electron chi connectivity index (χ1n) is 7.86. The smallest absolute Gasteiger partial charge is 0.340 e. The van der Waals surface area contributed by atoms with Crippen LogP contribution >= 0.6 is 0 Å². The highest BCUT2D eigenvalue weighted by Gasteiger charge is 2.32. The molecule has 2 heterocycles. The summed E-state index contributed by atoms with van der Waals surface area (Å²) in [5, 5.41) is 6.11. The minimum absolute atomic E-state index is 0.122. The predicted octanol–water partition coefficient (Wildman–Crippen LogP) is 3.38. The number of hydrogen-bond acceptors (Lipinski definition) is 4. The lowest BCUT2D eigenvalue weighted by Gasteiger charge is -2.20. The summed E-state index contributed by atoms with van der Waals surface area (Å²) >= 11 is 0. The van der Waals surface area contributed by atoms with Crippen LogP contribution in [0, 0.1) is 0 Å². The molecule has 0 saturated heterocycles. The van der Waals surface area contributed by atoms with Gasteiger partial charge in [-0.25, -0.2) is 4.79 Å². The van der Waals surface area contributed by atoms with Gasteiger partial charge in [0, 0.05) is 30.2 Å². The van der Waals surface area contributed by atoms with E-state index in [1.807, 2.05) is 41.2 Å². The molecule has 0 radical (unpaired) electrons. The molecule has 1 aliphatic carbocycles. The van der Waals surface area contributed by atoms with Gasteiger partial charge in [-0.3, -0.25) is 9.67 Å². The molecule has 0 unspecified atom stereocenters. The molecule has 1 saturated carbocycles. The van der Waals surface area contributed by atoms with Crippen molar-refractivity contribution in [3.63, 3.8) is 0 Å². The lowest BCUT2D eigenvalue weighted by molar-refractivity contribution is 0.0211. The van der Waals surface area contributed by atoms with E-state index in [2.05, 4.69) is 10.1 Å². The van der Waals surface area contributed by atoms with Crippen molar-refractivity contribution in [1.82, 2.24) is 14.8 Å². The topological polar surface area (TPSA) is 57.0 Å². The summed E-state index contributed by atoms with van der Waals surface area (Å²) in [6.45, 7) is 0. The third kappa shape index (κ3) is 2.59. The van der Waals surface area contributed by atoms with Crippen molar-refractivity contribution >= 4 is 16.7 Å². The molecule has 0 N–H and O–H groups in total. The summed E-state index contributed by atoms with van der Waals surface area (Å²) in [6, 6.07) is 9.74. The fraction of sp³-hybridized carbons (Fsp3) is 0.278. The molecule has 2 atom stereocenters. The summed E-state index contributed by atoms with van der Waals surface area (Å²) in [7, 11) is 0. The van der Waals surface area contributed by atoms with Gasteiger partial charge >= 0.3 is 5.97 Å². The molecule has 116 valence electrons. The van der Waals surface area contributed by atoms with E-state index in [-0.39, 0.29) is 18.1 Å². The molecule has 5 heteroatoms. The van der Waals surface area contributed by atoms with Crippen LogP contribution in [0.5, 0.6) is 0 Å². The van der Waals surface area contributed by atoms with Gasteiger partial charge in [-0.15, -0.1) is 0 Å². The summed E-state index contributed by atoms with van der Waals surface area (Å²) < 4.78 is 7.70. The van der Waals surface area contributed by atoms with Gasteiger partial charge in [0.1, 0.15) is 6.10 Å². The third-order valence-corrected chi connectivity index (χ3v) is 4.43. The van der Waals surface area contributed by atoms with Crippen molar-refractivity contribution in [1.29, 1.82) is 0 Å². The second-order valence-corrected chi connectivity index (χ2v) is 5.84. The maximum absolute atomic E-state index is 12.6. The van der Waals surface area contributed by atoms with Crippen LogP contribution in [0.2, 0.25) is 0 Å². The summed E-state index contributed by atoms with van der Waals surface area (Å²) in [4.78, 5) is 16.8. The van der Waals surface area contributed by atoms with Crippen molar-refractivity contribution in [3.8, 4) is 0 Å². The highest BCUT2D eigenvalue weighted by molar-refractivity contribution is 6.03. The minimum atomic E-state index is -0.307. The van der Waals surface area contributed by atoms with Crippen LogP contribution in [0.3, 0.4) is 0 Å². The van der Waals surface area contributed by atoms with Gasteiger partial charge < -0.3 is 4.74 Å². The second kappa shape index (κ2) is 5.83. The number of hydrogen-bond donors (Lipinski definition) is 0. The van der Waals surface area contributed by atoms with E-state index in [0.29, 0.717) is 5.56 Å². The zero-order chi connectivity index (χ0) is 15.6.